The molecule has 1 aromatic heterocycles. The van der Waals surface area contributed by atoms with Crippen LogP contribution in [0, 0.1) is 17.3 Å². The van der Waals surface area contributed by atoms with Gasteiger partial charge in [0.25, 0.3) is 5.91 Å². The predicted molar refractivity (Wildman–Crippen MR) is 109 cm³/mol. The van der Waals surface area contributed by atoms with E-state index >= 15 is 0 Å². The lowest BCUT2D eigenvalue weighted by atomic mass is 9.97. The molecule has 7 heteroatoms. The summed E-state index contributed by atoms with van der Waals surface area (Å²) in [6, 6.07) is 6.38. The normalized spacial score (nSPS) is 12.9. The zero-order valence-electron chi connectivity index (χ0n) is 16.9. The molecular formula is C21H24N2O4S. The number of rotatable bonds is 4. The van der Waals surface area contributed by atoms with Gasteiger partial charge in [-0.25, -0.2) is 4.21 Å². The molecule has 1 unspecified atom stereocenters. The van der Waals surface area contributed by atoms with Gasteiger partial charge in [-0.2, -0.15) is 4.36 Å². The number of hydrogen-bond acceptors (Lipinski definition) is 5. The Morgan fingerprint density at radius 3 is 2.39 bits per heavy atom. The molecule has 0 N–H and O–H groups in total. The summed E-state index contributed by atoms with van der Waals surface area (Å²) in [5.74, 6) is 6.38. The first kappa shape index (κ1) is 21.5. The number of benzene rings is 1. The highest BCUT2D eigenvalue weighted by molar-refractivity contribution is 7.93. The molecule has 0 radical (unpaired) electrons. The van der Waals surface area contributed by atoms with Gasteiger partial charge in [-0.15, -0.1) is 0 Å². The Bertz CT molecular complexity index is 1070. The number of methoxy groups -OCH3 is 2. The first-order valence-corrected chi connectivity index (χ1v) is 10.4. The number of ether oxygens (including phenoxy) is 2. The molecule has 148 valence electrons. The van der Waals surface area contributed by atoms with Gasteiger partial charge in [-0.05, 0) is 39.0 Å². The number of pyridine rings is 1. The number of amides is 1. The summed E-state index contributed by atoms with van der Waals surface area (Å²) in [6.07, 6.45) is 4.37. The van der Waals surface area contributed by atoms with Crippen molar-refractivity contribution in [3.63, 3.8) is 0 Å². The molecule has 1 amide bonds. The van der Waals surface area contributed by atoms with E-state index in [0.717, 1.165) is 0 Å². The van der Waals surface area contributed by atoms with Crippen molar-refractivity contribution in [1.82, 2.24) is 4.98 Å². The topological polar surface area (TPSA) is 77.9 Å². The van der Waals surface area contributed by atoms with Crippen LogP contribution in [0.5, 0.6) is 11.5 Å². The summed E-state index contributed by atoms with van der Waals surface area (Å²) < 4.78 is 27.4. The van der Waals surface area contributed by atoms with Gasteiger partial charge in [0.05, 0.1) is 34.4 Å². The fourth-order valence-electron chi connectivity index (χ4n) is 2.20. The highest BCUT2D eigenvalue weighted by atomic mass is 32.2. The van der Waals surface area contributed by atoms with Crippen molar-refractivity contribution in [2.75, 3.05) is 20.5 Å². The van der Waals surface area contributed by atoms with Gasteiger partial charge < -0.3 is 9.47 Å². The molecule has 1 atom stereocenters. The third-order valence-electron chi connectivity index (χ3n) is 3.62. The highest BCUT2D eigenvalue weighted by Crippen LogP contribution is 2.30. The van der Waals surface area contributed by atoms with E-state index in [-0.39, 0.29) is 11.0 Å². The molecule has 1 heterocycles. The van der Waals surface area contributed by atoms with E-state index in [1.807, 2.05) is 20.8 Å². The van der Waals surface area contributed by atoms with E-state index < -0.39 is 15.6 Å². The van der Waals surface area contributed by atoms with Gasteiger partial charge in [0.1, 0.15) is 0 Å². The number of nitrogens with zero attached hydrogens (tertiary/aromatic N) is 2. The Morgan fingerprint density at radius 2 is 1.79 bits per heavy atom. The van der Waals surface area contributed by atoms with Crippen LogP contribution in [0.2, 0.25) is 0 Å². The van der Waals surface area contributed by atoms with Crippen molar-refractivity contribution in [2.45, 2.75) is 25.7 Å². The quantitative estimate of drug-likeness (QED) is 0.730. The Morgan fingerprint density at radius 1 is 1.11 bits per heavy atom. The van der Waals surface area contributed by atoms with Crippen molar-refractivity contribution in [1.29, 1.82) is 0 Å². The van der Waals surface area contributed by atoms with Crippen LogP contribution < -0.4 is 9.47 Å². The number of aromatic nitrogens is 1. The zero-order chi connectivity index (χ0) is 20.9. The lowest BCUT2D eigenvalue weighted by Gasteiger charge is -2.10. The van der Waals surface area contributed by atoms with Gasteiger partial charge in [-0.3, -0.25) is 9.78 Å². The van der Waals surface area contributed by atoms with Crippen LogP contribution in [0.3, 0.4) is 0 Å². The third kappa shape index (κ3) is 5.57. The molecule has 6 nitrogen and oxygen atoms in total. The molecule has 28 heavy (non-hydrogen) atoms. The molecule has 0 saturated heterocycles. The zero-order valence-corrected chi connectivity index (χ0v) is 17.7. The highest BCUT2D eigenvalue weighted by Gasteiger charge is 2.15. The van der Waals surface area contributed by atoms with Crippen molar-refractivity contribution >= 4 is 15.6 Å². The summed E-state index contributed by atoms with van der Waals surface area (Å²) in [6.45, 7) is 5.98. The van der Waals surface area contributed by atoms with E-state index in [9.17, 15) is 9.00 Å². The molecular weight excluding hydrogens is 376 g/mol. The van der Waals surface area contributed by atoms with Crippen molar-refractivity contribution < 1.29 is 18.5 Å². The lowest BCUT2D eigenvalue weighted by Crippen LogP contribution is -2.05. The first-order chi connectivity index (χ1) is 13.1. The summed E-state index contributed by atoms with van der Waals surface area (Å²) >= 11 is 0. The fraction of sp³-hybridized carbons (Fsp3) is 0.333. The van der Waals surface area contributed by atoms with Gasteiger partial charge in [-0.1, -0.05) is 11.8 Å². The molecule has 0 aliphatic heterocycles. The largest absolute Gasteiger partial charge is 0.493 e. The van der Waals surface area contributed by atoms with Crippen LogP contribution in [-0.2, 0) is 9.73 Å². The molecule has 0 spiro atoms. The maximum Gasteiger partial charge on any atom is 0.286 e. The van der Waals surface area contributed by atoms with Gasteiger partial charge in [0, 0.05) is 35.7 Å². The molecule has 0 bridgehead atoms. The van der Waals surface area contributed by atoms with Crippen LogP contribution in [0.4, 0.5) is 0 Å². The van der Waals surface area contributed by atoms with Gasteiger partial charge in [0.15, 0.2) is 11.5 Å². The van der Waals surface area contributed by atoms with Crippen LogP contribution >= 0.6 is 0 Å². The molecule has 0 saturated carbocycles. The fourth-order valence-corrected chi connectivity index (χ4v) is 3.37. The van der Waals surface area contributed by atoms with Crippen LogP contribution in [0.25, 0.3) is 0 Å². The summed E-state index contributed by atoms with van der Waals surface area (Å²) in [7, 11) is 0.00694. The Kier molecular flexibility index (Phi) is 6.47. The molecule has 1 aromatic carbocycles. The van der Waals surface area contributed by atoms with E-state index in [2.05, 4.69) is 21.2 Å². The minimum absolute atomic E-state index is 0.171. The number of carbonyl (C=O) groups is 1. The van der Waals surface area contributed by atoms with E-state index in [4.69, 9.17) is 9.47 Å². The third-order valence-corrected chi connectivity index (χ3v) is 5.26. The van der Waals surface area contributed by atoms with Gasteiger partial charge in [0.2, 0.25) is 0 Å². The Balaban J connectivity index is 2.40. The van der Waals surface area contributed by atoms with E-state index in [0.29, 0.717) is 22.0 Å². The SMILES string of the molecule is COc1ccc(S(C)(=O)=NC(=O)c2cncc(C#CC(C)(C)C)c2)cc1OC. The van der Waals surface area contributed by atoms with Crippen LogP contribution in [-0.4, -0.2) is 35.6 Å². The standard InChI is InChI=1S/C21H24N2O4S/c1-21(2,3)10-9-15-11-16(14-22-13-15)20(24)23-28(6,25)17-7-8-18(26-4)19(12-17)27-5/h7-8,11-14H,1-6H3. The average Bonchev–Trinajstić information content (AvgIpc) is 2.65. The average molecular weight is 401 g/mol. The molecule has 0 aliphatic carbocycles. The molecule has 2 rings (SSSR count). The van der Waals surface area contributed by atoms with Gasteiger partial charge >= 0.3 is 0 Å². The maximum absolute atomic E-state index is 13.0. The van der Waals surface area contributed by atoms with Crippen molar-refractivity contribution in [2.24, 2.45) is 9.78 Å². The monoisotopic (exact) mass is 400 g/mol. The van der Waals surface area contributed by atoms with Crippen molar-refractivity contribution in [3.8, 4) is 23.3 Å². The second-order valence-corrected chi connectivity index (χ2v) is 9.44. The van der Waals surface area contributed by atoms with Crippen LogP contribution in [0.15, 0.2) is 45.9 Å². The second kappa shape index (κ2) is 8.44. The first-order valence-electron chi connectivity index (χ1n) is 8.52. The van der Waals surface area contributed by atoms with Crippen LogP contribution in [0.1, 0.15) is 36.7 Å². The number of carbonyl (C=O) groups excluding carboxylic acids is 1. The Hall–Kier alpha value is -2.85. The molecule has 2 aromatic rings. The Labute approximate surface area is 166 Å². The minimum atomic E-state index is -2.99. The number of hydrogen-bond donors (Lipinski definition) is 0. The van der Waals surface area contributed by atoms with E-state index in [1.54, 1.807) is 30.5 Å². The molecule has 0 fully saturated rings. The predicted octanol–water partition coefficient (Wildman–Crippen LogP) is 3.79. The lowest BCUT2D eigenvalue weighted by molar-refractivity contribution is 0.100. The summed E-state index contributed by atoms with van der Waals surface area (Å²) in [4.78, 5) is 17.0. The smallest absolute Gasteiger partial charge is 0.286 e. The minimum Gasteiger partial charge on any atom is -0.493 e. The maximum atomic E-state index is 13.0. The summed E-state index contributed by atoms with van der Waals surface area (Å²) in [5.41, 5.74) is 0.663. The van der Waals surface area contributed by atoms with Crippen molar-refractivity contribution in [3.05, 3.63) is 47.8 Å². The van der Waals surface area contributed by atoms with E-state index in [1.165, 1.54) is 26.7 Å². The summed E-state index contributed by atoms with van der Waals surface area (Å²) in [5, 5.41) is 0. The second-order valence-electron chi connectivity index (χ2n) is 7.18. The molecule has 0 aliphatic rings.